The predicted molar refractivity (Wildman–Crippen MR) is 129 cm³/mol. The van der Waals surface area contributed by atoms with Crippen molar-refractivity contribution >= 4 is 34.9 Å². The van der Waals surface area contributed by atoms with Gasteiger partial charge >= 0.3 is 5.97 Å². The lowest BCUT2D eigenvalue weighted by Crippen LogP contribution is -2.42. The molecule has 2 bridgehead atoms. The molecule has 2 aromatic rings. The van der Waals surface area contributed by atoms with Gasteiger partial charge in [0.05, 0.1) is 17.5 Å². The van der Waals surface area contributed by atoms with Crippen LogP contribution in [0.1, 0.15) is 48.7 Å². The van der Waals surface area contributed by atoms with E-state index >= 15 is 0 Å². The number of hydrogen-bond donors (Lipinski definition) is 3. The van der Waals surface area contributed by atoms with Gasteiger partial charge in [-0.1, -0.05) is 18.6 Å². The van der Waals surface area contributed by atoms with Crippen molar-refractivity contribution in [2.24, 2.45) is 11.8 Å². The highest BCUT2D eigenvalue weighted by atomic mass is 32.1. The van der Waals surface area contributed by atoms with E-state index in [9.17, 15) is 14.4 Å². The Morgan fingerprint density at radius 2 is 2.00 bits per heavy atom. The topological polar surface area (TPSA) is 118 Å². The maximum absolute atomic E-state index is 12.6. The summed E-state index contributed by atoms with van der Waals surface area (Å²) < 4.78 is 11.2. The van der Waals surface area contributed by atoms with Crippen LogP contribution < -0.4 is 15.4 Å². The summed E-state index contributed by atoms with van der Waals surface area (Å²) in [5, 5.41) is 14.6. The Balaban J connectivity index is 1.42. The van der Waals surface area contributed by atoms with E-state index in [0.29, 0.717) is 28.8 Å². The number of carbonyl (C=O) groups excluding carboxylic acids is 2. The van der Waals surface area contributed by atoms with Gasteiger partial charge in [0.25, 0.3) is 11.8 Å². The predicted octanol–water partition coefficient (Wildman–Crippen LogP) is 3.38. The summed E-state index contributed by atoms with van der Waals surface area (Å²) in [5.74, 6) is 0.745. The van der Waals surface area contributed by atoms with Crippen LogP contribution in [-0.2, 0) is 16.0 Å². The fourth-order valence-electron chi connectivity index (χ4n) is 4.91. The minimum Gasteiger partial charge on any atom is -0.496 e. The van der Waals surface area contributed by atoms with E-state index in [1.165, 1.54) is 33.3 Å². The number of furan rings is 1. The van der Waals surface area contributed by atoms with Crippen LogP contribution in [0.15, 0.2) is 34.7 Å². The molecule has 2 aliphatic rings. The third kappa shape index (κ3) is 5.14. The summed E-state index contributed by atoms with van der Waals surface area (Å²) >= 11 is 5.36. The molecule has 0 spiro atoms. The number of carboxylic acid groups (broad SMARTS) is 1. The zero-order valence-corrected chi connectivity index (χ0v) is 19.9. The minimum atomic E-state index is -1.14. The first-order chi connectivity index (χ1) is 16.2. The molecule has 34 heavy (non-hydrogen) atoms. The SMILES string of the molecule is COc1ccc(-c2ccc(CC(=S)C(=O)NC3CC4CCC3C4)o2)cc1C(=O)NC(C)C(=O)O. The molecule has 2 aliphatic carbocycles. The molecule has 0 saturated heterocycles. The van der Waals surface area contributed by atoms with Gasteiger partial charge in [-0.25, -0.2) is 0 Å². The number of benzene rings is 1. The molecule has 2 amide bonds. The van der Waals surface area contributed by atoms with E-state index < -0.39 is 17.9 Å². The molecule has 4 atom stereocenters. The third-order valence-corrected chi connectivity index (χ3v) is 7.08. The van der Waals surface area contributed by atoms with Crippen LogP contribution in [0.4, 0.5) is 0 Å². The number of aliphatic carboxylic acids is 1. The maximum Gasteiger partial charge on any atom is 0.325 e. The lowest BCUT2D eigenvalue weighted by molar-refractivity contribution is -0.138. The Hall–Kier alpha value is -3.20. The molecule has 0 aliphatic heterocycles. The fourth-order valence-corrected chi connectivity index (χ4v) is 5.11. The average molecular weight is 485 g/mol. The first kappa shape index (κ1) is 23.9. The van der Waals surface area contributed by atoms with Crippen LogP contribution in [0.5, 0.6) is 5.75 Å². The van der Waals surface area contributed by atoms with Gasteiger partial charge < -0.3 is 24.9 Å². The summed E-state index contributed by atoms with van der Waals surface area (Å²) in [7, 11) is 1.43. The van der Waals surface area contributed by atoms with E-state index in [4.69, 9.17) is 26.5 Å². The number of thiocarbonyl (C=S) groups is 1. The van der Waals surface area contributed by atoms with Crippen LogP contribution in [-0.4, -0.2) is 46.9 Å². The summed E-state index contributed by atoms with van der Waals surface area (Å²) in [6.07, 6.45) is 4.91. The van der Waals surface area contributed by atoms with Crippen molar-refractivity contribution in [1.82, 2.24) is 10.6 Å². The van der Waals surface area contributed by atoms with E-state index in [1.807, 2.05) is 0 Å². The molecule has 4 rings (SSSR count). The number of carboxylic acids is 1. The standard InChI is InChI=1S/C25H28N2O6S/c1-13(25(30)31)26-23(28)18-11-16(5-7-21(18)32-2)20-8-6-17(33-20)12-22(34)24(29)27-19-10-14-3-4-15(19)9-14/h5-8,11,13-15,19H,3-4,9-10,12H2,1-2H3,(H,26,28)(H,27,29)(H,30,31). The van der Waals surface area contributed by atoms with Crippen LogP contribution in [0.25, 0.3) is 11.3 Å². The van der Waals surface area contributed by atoms with Crippen molar-refractivity contribution < 1.29 is 28.6 Å². The van der Waals surface area contributed by atoms with Gasteiger partial charge in [-0.15, -0.1) is 0 Å². The summed E-state index contributed by atoms with van der Waals surface area (Å²) in [6, 6.07) is 7.60. The van der Waals surface area contributed by atoms with Crippen LogP contribution >= 0.6 is 12.2 Å². The average Bonchev–Trinajstić information content (AvgIpc) is 3.56. The van der Waals surface area contributed by atoms with Crippen molar-refractivity contribution in [3.8, 4) is 17.1 Å². The second-order valence-electron chi connectivity index (χ2n) is 9.07. The van der Waals surface area contributed by atoms with Gasteiger partial charge in [0.1, 0.15) is 23.3 Å². The summed E-state index contributed by atoms with van der Waals surface area (Å²) in [4.78, 5) is 36.5. The van der Waals surface area contributed by atoms with E-state index in [2.05, 4.69) is 10.6 Å². The largest absolute Gasteiger partial charge is 0.496 e. The second-order valence-corrected chi connectivity index (χ2v) is 9.56. The summed E-state index contributed by atoms with van der Waals surface area (Å²) in [5.41, 5.74) is 0.796. The number of amides is 2. The molecular weight excluding hydrogens is 456 g/mol. The number of ether oxygens (including phenoxy) is 1. The number of carbonyl (C=O) groups is 3. The lowest BCUT2D eigenvalue weighted by Gasteiger charge is -2.22. The minimum absolute atomic E-state index is 0.187. The van der Waals surface area contributed by atoms with Crippen molar-refractivity contribution in [3.63, 3.8) is 0 Å². The quantitative estimate of drug-likeness (QED) is 0.467. The first-order valence-corrected chi connectivity index (χ1v) is 11.8. The Kier molecular flexibility index (Phi) is 7.02. The molecule has 8 nitrogen and oxygen atoms in total. The molecule has 0 radical (unpaired) electrons. The maximum atomic E-state index is 12.6. The smallest absolute Gasteiger partial charge is 0.325 e. The van der Waals surface area contributed by atoms with Crippen molar-refractivity contribution in [2.45, 2.75) is 51.1 Å². The molecule has 2 fully saturated rings. The Labute approximate surface area is 203 Å². The van der Waals surface area contributed by atoms with Gasteiger partial charge in [-0.05, 0) is 68.4 Å². The van der Waals surface area contributed by atoms with E-state index in [-0.39, 0.29) is 28.8 Å². The van der Waals surface area contributed by atoms with Crippen LogP contribution in [0, 0.1) is 11.8 Å². The molecule has 1 heterocycles. The van der Waals surface area contributed by atoms with Gasteiger partial charge in [-0.3, -0.25) is 14.4 Å². The number of methoxy groups -OCH3 is 1. The fraction of sp³-hybridized carbons (Fsp3) is 0.440. The zero-order chi connectivity index (χ0) is 24.4. The van der Waals surface area contributed by atoms with Crippen LogP contribution in [0.2, 0.25) is 0 Å². The monoisotopic (exact) mass is 484 g/mol. The molecule has 1 aromatic carbocycles. The first-order valence-electron chi connectivity index (χ1n) is 11.4. The molecular formula is C25H28N2O6S. The second kappa shape index (κ2) is 9.97. The number of hydrogen-bond acceptors (Lipinski definition) is 6. The molecule has 4 unspecified atom stereocenters. The Morgan fingerprint density at radius 3 is 2.65 bits per heavy atom. The molecule has 1 aromatic heterocycles. The lowest BCUT2D eigenvalue weighted by atomic mass is 9.95. The molecule has 9 heteroatoms. The normalized spacial score (nSPS) is 21.6. The zero-order valence-electron chi connectivity index (χ0n) is 19.1. The van der Waals surface area contributed by atoms with Crippen LogP contribution in [0.3, 0.4) is 0 Å². The molecule has 2 saturated carbocycles. The van der Waals surface area contributed by atoms with Gasteiger partial charge in [-0.2, -0.15) is 0 Å². The molecule has 3 N–H and O–H groups in total. The van der Waals surface area contributed by atoms with Gasteiger partial charge in [0.15, 0.2) is 0 Å². The van der Waals surface area contributed by atoms with E-state index in [0.717, 1.165) is 12.3 Å². The highest BCUT2D eigenvalue weighted by Crippen LogP contribution is 2.44. The van der Waals surface area contributed by atoms with Gasteiger partial charge in [0, 0.05) is 18.0 Å². The third-order valence-electron chi connectivity index (χ3n) is 6.75. The Morgan fingerprint density at radius 1 is 1.21 bits per heavy atom. The van der Waals surface area contributed by atoms with Crippen molar-refractivity contribution in [3.05, 3.63) is 41.7 Å². The summed E-state index contributed by atoms with van der Waals surface area (Å²) in [6.45, 7) is 1.38. The van der Waals surface area contributed by atoms with Crippen molar-refractivity contribution in [2.75, 3.05) is 7.11 Å². The van der Waals surface area contributed by atoms with E-state index in [1.54, 1.807) is 30.3 Å². The highest BCUT2D eigenvalue weighted by Gasteiger charge is 2.40. The number of fused-ring (bicyclic) bond motifs is 2. The van der Waals surface area contributed by atoms with Gasteiger partial charge in [0.2, 0.25) is 0 Å². The number of rotatable bonds is 9. The number of nitrogens with one attached hydrogen (secondary N) is 2. The highest BCUT2D eigenvalue weighted by molar-refractivity contribution is 7.82. The Bertz CT molecular complexity index is 1130. The van der Waals surface area contributed by atoms with Crippen molar-refractivity contribution in [1.29, 1.82) is 0 Å². The molecule has 180 valence electrons.